The highest BCUT2D eigenvalue weighted by atomic mass is 32.1. The lowest BCUT2D eigenvalue weighted by molar-refractivity contribution is 0.0939. The largest absolute Gasteiger partial charge is 0.294 e. The van der Waals surface area contributed by atoms with E-state index in [0.717, 1.165) is 5.00 Å². The predicted octanol–water partition coefficient (Wildman–Crippen LogP) is 2.17. The number of aromatic nitrogens is 3. The van der Waals surface area contributed by atoms with Crippen molar-refractivity contribution in [2.75, 3.05) is 0 Å². The fraction of sp³-hybridized carbons (Fsp3) is 0.300. The van der Waals surface area contributed by atoms with Gasteiger partial charge in [0.05, 0.1) is 18.0 Å². The summed E-state index contributed by atoms with van der Waals surface area (Å²) in [6, 6.07) is 1.83. The third-order valence-electron chi connectivity index (χ3n) is 2.04. The molecule has 5 heteroatoms. The SMILES string of the molecule is CC(C)C(=O)c1ccsc1-n1nccn1. The second-order valence-corrected chi connectivity index (χ2v) is 4.37. The fourth-order valence-electron chi connectivity index (χ4n) is 1.28. The van der Waals surface area contributed by atoms with Gasteiger partial charge in [-0.25, -0.2) is 0 Å². The summed E-state index contributed by atoms with van der Waals surface area (Å²) in [5.74, 6) is 0.123. The van der Waals surface area contributed by atoms with Crippen LogP contribution in [0.4, 0.5) is 0 Å². The second-order valence-electron chi connectivity index (χ2n) is 3.48. The van der Waals surface area contributed by atoms with Crippen LogP contribution in [0, 0.1) is 5.92 Å². The molecule has 0 aliphatic carbocycles. The minimum Gasteiger partial charge on any atom is -0.294 e. The number of hydrogen-bond acceptors (Lipinski definition) is 4. The summed E-state index contributed by atoms with van der Waals surface area (Å²) < 4.78 is 0. The molecule has 4 nitrogen and oxygen atoms in total. The van der Waals surface area contributed by atoms with Gasteiger partial charge in [-0.15, -0.1) is 16.1 Å². The maximum atomic E-state index is 11.9. The van der Waals surface area contributed by atoms with Gasteiger partial charge >= 0.3 is 0 Å². The first-order chi connectivity index (χ1) is 7.20. The Morgan fingerprint density at radius 1 is 1.40 bits per heavy atom. The summed E-state index contributed by atoms with van der Waals surface area (Å²) in [6.45, 7) is 3.78. The minimum absolute atomic E-state index is 0.00564. The summed E-state index contributed by atoms with van der Waals surface area (Å²) in [4.78, 5) is 13.3. The molecule has 0 saturated heterocycles. The summed E-state index contributed by atoms with van der Waals surface area (Å²) in [6.07, 6.45) is 3.20. The molecule has 0 unspecified atom stereocenters. The van der Waals surface area contributed by atoms with Crippen molar-refractivity contribution >= 4 is 17.1 Å². The van der Waals surface area contributed by atoms with Gasteiger partial charge in [0.2, 0.25) is 0 Å². The zero-order valence-corrected chi connectivity index (χ0v) is 9.36. The number of hydrogen-bond donors (Lipinski definition) is 0. The number of carbonyl (C=O) groups excluding carboxylic acids is 1. The molecular weight excluding hydrogens is 210 g/mol. The number of nitrogens with zero attached hydrogens (tertiary/aromatic N) is 3. The van der Waals surface area contributed by atoms with Crippen LogP contribution in [-0.4, -0.2) is 20.8 Å². The van der Waals surface area contributed by atoms with E-state index < -0.39 is 0 Å². The molecule has 0 atom stereocenters. The highest BCUT2D eigenvalue weighted by Gasteiger charge is 2.17. The lowest BCUT2D eigenvalue weighted by atomic mass is 10.0. The Bertz CT molecular complexity index is 459. The van der Waals surface area contributed by atoms with Gasteiger partial charge in [-0.2, -0.15) is 10.2 Å². The van der Waals surface area contributed by atoms with Crippen LogP contribution >= 0.6 is 11.3 Å². The minimum atomic E-state index is -0.00564. The molecule has 0 amide bonds. The molecule has 0 N–H and O–H groups in total. The van der Waals surface area contributed by atoms with Crippen molar-refractivity contribution in [3.63, 3.8) is 0 Å². The van der Waals surface area contributed by atoms with Crippen molar-refractivity contribution in [1.82, 2.24) is 15.0 Å². The maximum Gasteiger partial charge on any atom is 0.168 e. The Balaban J connectivity index is 2.43. The van der Waals surface area contributed by atoms with Gasteiger partial charge in [0.25, 0.3) is 0 Å². The normalized spacial score (nSPS) is 10.9. The summed E-state index contributed by atoms with van der Waals surface area (Å²) >= 11 is 1.47. The molecule has 0 aliphatic rings. The molecule has 2 heterocycles. The zero-order valence-electron chi connectivity index (χ0n) is 8.54. The van der Waals surface area contributed by atoms with Gasteiger partial charge < -0.3 is 0 Å². The van der Waals surface area contributed by atoms with Crippen molar-refractivity contribution in [2.45, 2.75) is 13.8 Å². The van der Waals surface area contributed by atoms with Crippen molar-refractivity contribution in [1.29, 1.82) is 0 Å². The van der Waals surface area contributed by atoms with Crippen molar-refractivity contribution in [2.24, 2.45) is 5.92 Å². The first-order valence-corrected chi connectivity index (χ1v) is 5.56. The molecule has 0 bridgehead atoms. The Hall–Kier alpha value is -1.49. The van der Waals surface area contributed by atoms with Crippen molar-refractivity contribution in [3.8, 4) is 5.00 Å². The van der Waals surface area contributed by atoms with E-state index in [0.29, 0.717) is 5.56 Å². The van der Waals surface area contributed by atoms with Crippen molar-refractivity contribution < 1.29 is 4.79 Å². The molecule has 15 heavy (non-hydrogen) atoms. The molecule has 2 rings (SSSR count). The quantitative estimate of drug-likeness (QED) is 0.746. The van der Waals surface area contributed by atoms with Crippen LogP contribution in [0.5, 0.6) is 0 Å². The molecule has 0 aliphatic heterocycles. The average Bonchev–Trinajstić information content (AvgIpc) is 2.86. The number of ketones is 1. The maximum absolute atomic E-state index is 11.9. The monoisotopic (exact) mass is 221 g/mol. The van der Waals surface area contributed by atoms with E-state index in [2.05, 4.69) is 10.2 Å². The molecular formula is C10H11N3OS. The standard InChI is InChI=1S/C10H11N3OS/c1-7(2)9(14)8-3-6-15-10(8)13-11-4-5-12-13/h3-7H,1-2H3. The lowest BCUT2D eigenvalue weighted by Gasteiger charge is -2.04. The van der Waals surface area contributed by atoms with Crippen LogP contribution in [0.1, 0.15) is 24.2 Å². The van der Waals surface area contributed by atoms with Gasteiger partial charge in [0.15, 0.2) is 5.78 Å². The van der Waals surface area contributed by atoms with E-state index in [4.69, 9.17) is 0 Å². The van der Waals surface area contributed by atoms with Crippen molar-refractivity contribution in [3.05, 3.63) is 29.4 Å². The molecule has 2 aromatic rings. The Morgan fingerprint density at radius 3 is 2.67 bits per heavy atom. The van der Waals surface area contributed by atoms with Crippen LogP contribution in [0.3, 0.4) is 0 Å². The van der Waals surface area contributed by atoms with E-state index in [1.54, 1.807) is 12.4 Å². The number of thiophene rings is 1. The van der Waals surface area contributed by atoms with Crippen LogP contribution in [0.2, 0.25) is 0 Å². The topological polar surface area (TPSA) is 47.8 Å². The third kappa shape index (κ3) is 1.83. The first-order valence-electron chi connectivity index (χ1n) is 4.68. The van der Waals surface area contributed by atoms with Gasteiger partial charge in [0, 0.05) is 5.92 Å². The first kappa shape index (κ1) is 10.0. The van der Waals surface area contributed by atoms with Crippen LogP contribution in [-0.2, 0) is 0 Å². The number of Topliss-reactive ketones (excluding diaryl/α,β-unsaturated/α-hetero) is 1. The Labute approximate surface area is 91.5 Å². The van der Waals surface area contributed by atoms with Gasteiger partial charge in [-0.05, 0) is 11.4 Å². The third-order valence-corrected chi connectivity index (χ3v) is 2.91. The fourth-order valence-corrected chi connectivity index (χ4v) is 2.09. The van der Waals surface area contributed by atoms with E-state index >= 15 is 0 Å². The summed E-state index contributed by atoms with van der Waals surface area (Å²) in [5, 5.41) is 10.7. The number of rotatable bonds is 3. The van der Waals surface area contributed by atoms with Crippen LogP contribution in [0.15, 0.2) is 23.8 Å². The molecule has 2 aromatic heterocycles. The molecule has 78 valence electrons. The smallest absolute Gasteiger partial charge is 0.168 e. The van der Waals surface area contributed by atoms with E-state index in [-0.39, 0.29) is 11.7 Å². The summed E-state index contributed by atoms with van der Waals surface area (Å²) in [7, 11) is 0. The summed E-state index contributed by atoms with van der Waals surface area (Å²) in [5.41, 5.74) is 0.700. The Morgan fingerprint density at radius 2 is 2.07 bits per heavy atom. The van der Waals surface area contributed by atoms with Gasteiger partial charge in [-0.3, -0.25) is 4.79 Å². The number of carbonyl (C=O) groups is 1. The molecule has 0 spiro atoms. The highest BCUT2D eigenvalue weighted by molar-refractivity contribution is 7.13. The Kier molecular flexibility index (Phi) is 2.64. The zero-order chi connectivity index (χ0) is 10.8. The van der Waals surface area contributed by atoms with E-state index in [9.17, 15) is 4.79 Å². The van der Waals surface area contributed by atoms with Gasteiger partial charge in [0.1, 0.15) is 5.00 Å². The molecule has 0 radical (unpaired) electrons. The van der Waals surface area contributed by atoms with Gasteiger partial charge in [-0.1, -0.05) is 13.8 Å². The second kappa shape index (κ2) is 3.94. The predicted molar refractivity (Wildman–Crippen MR) is 58.4 cm³/mol. The van der Waals surface area contributed by atoms with E-state index in [1.165, 1.54) is 16.1 Å². The average molecular weight is 221 g/mol. The van der Waals surface area contributed by atoms with Crippen LogP contribution < -0.4 is 0 Å². The lowest BCUT2D eigenvalue weighted by Crippen LogP contribution is -2.10. The molecule has 0 aromatic carbocycles. The molecule has 0 fully saturated rings. The highest BCUT2D eigenvalue weighted by Crippen LogP contribution is 2.22. The molecule has 0 saturated carbocycles. The van der Waals surface area contributed by atoms with Crippen LogP contribution in [0.25, 0.3) is 5.00 Å². The van der Waals surface area contributed by atoms with E-state index in [1.807, 2.05) is 25.3 Å².